The zero-order valence-corrected chi connectivity index (χ0v) is 12.9. The Morgan fingerprint density at radius 3 is 2.71 bits per heavy atom. The lowest BCUT2D eigenvalue weighted by atomic mass is 10.1. The fourth-order valence-electron chi connectivity index (χ4n) is 2.27. The quantitative estimate of drug-likeness (QED) is 0.669. The Labute approximate surface area is 127 Å². The zero-order chi connectivity index (χ0) is 15.8. The number of aliphatic hydroxyl groups excluding tert-OH is 1. The van der Waals surface area contributed by atoms with Gasteiger partial charge in [0.15, 0.2) is 0 Å². The third-order valence-corrected chi connectivity index (χ3v) is 5.72. The van der Waals surface area contributed by atoms with Gasteiger partial charge >= 0.3 is 0 Å². The number of aliphatic hydroxyl groups is 1. The molecule has 0 aliphatic carbocycles. The number of nitro groups is 1. The van der Waals surface area contributed by atoms with Crippen LogP contribution in [0.3, 0.4) is 0 Å². The van der Waals surface area contributed by atoms with Crippen molar-refractivity contribution in [2.24, 2.45) is 0 Å². The minimum absolute atomic E-state index is 0.0123. The third-order valence-electron chi connectivity index (χ3n) is 3.48. The van der Waals surface area contributed by atoms with Gasteiger partial charge in [-0.05, 0) is 25.8 Å². The summed E-state index contributed by atoms with van der Waals surface area (Å²) in [4.78, 5) is 10.1. The summed E-state index contributed by atoms with van der Waals surface area (Å²) in [5.41, 5.74) is -0.113. The van der Waals surface area contributed by atoms with Gasteiger partial charge in [-0.1, -0.05) is 11.6 Å². The van der Waals surface area contributed by atoms with Crippen LogP contribution in [0.2, 0.25) is 5.02 Å². The number of benzene rings is 1. The highest BCUT2D eigenvalue weighted by Gasteiger charge is 2.31. The number of sulfonamides is 1. The van der Waals surface area contributed by atoms with Gasteiger partial charge in [0.1, 0.15) is 0 Å². The van der Waals surface area contributed by atoms with E-state index in [1.165, 1.54) is 13.0 Å². The standard InChI is InChI=1S/C12H15ClN2O5S/c1-8-11(13)5-10(6-12(8)15(17)18)21(19,20)14-4-2-3-9(16)7-14/h5-6,9,16H,2-4,7H2,1H3/t9-/m0/s1. The number of nitrogens with zero attached hydrogens (tertiary/aromatic N) is 2. The zero-order valence-electron chi connectivity index (χ0n) is 11.3. The summed E-state index contributed by atoms with van der Waals surface area (Å²) in [5.74, 6) is 0. The lowest BCUT2D eigenvalue weighted by Crippen LogP contribution is -2.42. The van der Waals surface area contributed by atoms with Gasteiger partial charge in [-0.3, -0.25) is 10.1 Å². The van der Waals surface area contributed by atoms with Crippen molar-refractivity contribution in [2.75, 3.05) is 13.1 Å². The van der Waals surface area contributed by atoms with E-state index >= 15 is 0 Å². The summed E-state index contributed by atoms with van der Waals surface area (Å²) in [6.07, 6.45) is 0.368. The molecule has 1 heterocycles. The SMILES string of the molecule is Cc1c(Cl)cc(S(=O)(=O)N2CCC[C@H](O)C2)cc1[N+](=O)[O-]. The van der Waals surface area contributed by atoms with Crippen LogP contribution in [0, 0.1) is 17.0 Å². The average molecular weight is 335 g/mol. The van der Waals surface area contributed by atoms with E-state index in [0.29, 0.717) is 12.8 Å². The molecule has 0 saturated carbocycles. The summed E-state index contributed by atoms with van der Waals surface area (Å²) in [5, 5.41) is 20.6. The Morgan fingerprint density at radius 1 is 1.48 bits per heavy atom. The smallest absolute Gasteiger partial charge is 0.275 e. The molecular weight excluding hydrogens is 320 g/mol. The highest BCUT2D eigenvalue weighted by atomic mass is 35.5. The summed E-state index contributed by atoms with van der Waals surface area (Å²) in [6.45, 7) is 1.72. The fraction of sp³-hybridized carbons (Fsp3) is 0.500. The summed E-state index contributed by atoms with van der Waals surface area (Å²) in [7, 11) is -3.91. The van der Waals surface area contributed by atoms with Gasteiger partial charge in [-0.15, -0.1) is 0 Å². The van der Waals surface area contributed by atoms with Crippen molar-refractivity contribution in [3.8, 4) is 0 Å². The maximum Gasteiger partial charge on any atom is 0.275 e. The lowest BCUT2D eigenvalue weighted by Gasteiger charge is -2.29. The number of nitro benzene ring substituents is 1. The van der Waals surface area contributed by atoms with Crippen LogP contribution in [0.25, 0.3) is 0 Å². The number of halogens is 1. The van der Waals surface area contributed by atoms with E-state index in [1.54, 1.807) is 0 Å². The van der Waals surface area contributed by atoms with Gasteiger partial charge in [-0.2, -0.15) is 4.31 Å². The molecule has 2 rings (SSSR count). The molecule has 0 aromatic heterocycles. The summed E-state index contributed by atoms with van der Waals surface area (Å²) in [6, 6.07) is 2.22. The van der Waals surface area contributed by atoms with Crippen molar-refractivity contribution in [1.82, 2.24) is 4.31 Å². The molecule has 21 heavy (non-hydrogen) atoms. The van der Waals surface area contributed by atoms with Crippen LogP contribution in [-0.4, -0.2) is 41.9 Å². The molecule has 0 bridgehead atoms. The molecule has 1 aliphatic heterocycles. The van der Waals surface area contributed by atoms with Gasteiger partial charge < -0.3 is 5.11 Å². The second-order valence-corrected chi connectivity index (χ2v) is 7.31. The Morgan fingerprint density at radius 2 is 2.14 bits per heavy atom. The van der Waals surface area contributed by atoms with Crippen molar-refractivity contribution in [3.63, 3.8) is 0 Å². The molecule has 9 heteroatoms. The van der Waals surface area contributed by atoms with E-state index in [2.05, 4.69) is 0 Å². The van der Waals surface area contributed by atoms with E-state index in [-0.39, 0.29) is 34.3 Å². The first kappa shape index (κ1) is 16.2. The number of piperidine rings is 1. The largest absolute Gasteiger partial charge is 0.392 e. The second kappa shape index (κ2) is 5.88. The molecule has 1 atom stereocenters. The minimum atomic E-state index is -3.91. The monoisotopic (exact) mass is 334 g/mol. The van der Waals surface area contributed by atoms with Gasteiger partial charge in [0.2, 0.25) is 10.0 Å². The van der Waals surface area contributed by atoms with Crippen LogP contribution in [-0.2, 0) is 10.0 Å². The van der Waals surface area contributed by atoms with Crippen molar-refractivity contribution in [2.45, 2.75) is 30.8 Å². The summed E-state index contributed by atoms with van der Waals surface area (Å²) >= 11 is 5.90. The number of hydrogen-bond acceptors (Lipinski definition) is 5. The Kier molecular flexibility index (Phi) is 4.52. The van der Waals surface area contributed by atoms with E-state index in [1.807, 2.05) is 0 Å². The van der Waals surface area contributed by atoms with Crippen molar-refractivity contribution in [3.05, 3.63) is 32.8 Å². The Balaban J connectivity index is 2.47. The number of rotatable bonds is 3. The number of hydrogen-bond donors (Lipinski definition) is 1. The second-order valence-electron chi connectivity index (χ2n) is 4.97. The van der Waals surface area contributed by atoms with Crippen molar-refractivity contribution < 1.29 is 18.4 Å². The molecule has 0 spiro atoms. The summed E-state index contributed by atoms with van der Waals surface area (Å²) < 4.78 is 26.1. The van der Waals surface area contributed by atoms with E-state index in [4.69, 9.17) is 11.6 Å². The molecule has 7 nitrogen and oxygen atoms in total. The topological polar surface area (TPSA) is 101 Å². The fourth-order valence-corrected chi connectivity index (χ4v) is 4.11. The first-order chi connectivity index (χ1) is 9.73. The first-order valence-corrected chi connectivity index (χ1v) is 8.18. The van der Waals surface area contributed by atoms with Crippen LogP contribution in [0.4, 0.5) is 5.69 Å². The van der Waals surface area contributed by atoms with Crippen LogP contribution >= 0.6 is 11.6 Å². The van der Waals surface area contributed by atoms with Crippen LogP contribution in [0.15, 0.2) is 17.0 Å². The molecule has 1 fully saturated rings. The molecule has 1 saturated heterocycles. The van der Waals surface area contributed by atoms with E-state index < -0.39 is 21.1 Å². The molecule has 116 valence electrons. The minimum Gasteiger partial charge on any atom is -0.392 e. The third kappa shape index (κ3) is 3.18. The Hall–Kier alpha value is -1.22. The maximum atomic E-state index is 12.5. The molecule has 0 amide bonds. The lowest BCUT2D eigenvalue weighted by molar-refractivity contribution is -0.385. The van der Waals surface area contributed by atoms with Crippen LogP contribution in [0.5, 0.6) is 0 Å². The highest BCUT2D eigenvalue weighted by Crippen LogP contribution is 2.31. The molecule has 1 aromatic rings. The molecule has 1 aliphatic rings. The van der Waals surface area contributed by atoms with Gasteiger partial charge in [-0.25, -0.2) is 8.42 Å². The van der Waals surface area contributed by atoms with E-state index in [0.717, 1.165) is 10.4 Å². The average Bonchev–Trinajstić information content (AvgIpc) is 2.41. The van der Waals surface area contributed by atoms with Crippen LogP contribution < -0.4 is 0 Å². The maximum absolute atomic E-state index is 12.5. The predicted molar refractivity (Wildman–Crippen MR) is 76.8 cm³/mol. The molecule has 0 radical (unpaired) electrons. The predicted octanol–water partition coefficient (Wildman–Crippen LogP) is 1.70. The molecule has 1 aromatic carbocycles. The van der Waals surface area contributed by atoms with Crippen LogP contribution in [0.1, 0.15) is 18.4 Å². The molecular formula is C12H15ClN2O5S. The molecule has 0 unspecified atom stereocenters. The van der Waals surface area contributed by atoms with Gasteiger partial charge in [0, 0.05) is 24.7 Å². The first-order valence-electron chi connectivity index (χ1n) is 6.36. The van der Waals surface area contributed by atoms with E-state index in [9.17, 15) is 23.6 Å². The number of β-amino-alcohol motifs (C(OH)–C–C–N with tert-alkyl or cyclic N) is 1. The molecule has 1 N–H and O–H groups in total. The van der Waals surface area contributed by atoms with Gasteiger partial charge in [0.25, 0.3) is 5.69 Å². The van der Waals surface area contributed by atoms with Crippen molar-refractivity contribution in [1.29, 1.82) is 0 Å². The van der Waals surface area contributed by atoms with Crippen molar-refractivity contribution >= 4 is 27.3 Å². The highest BCUT2D eigenvalue weighted by molar-refractivity contribution is 7.89. The normalized spacial score (nSPS) is 20.4. The Bertz CT molecular complexity index is 676. The van der Waals surface area contributed by atoms with Gasteiger partial charge in [0.05, 0.1) is 20.9 Å².